The first-order valence-corrected chi connectivity index (χ1v) is 19.8. The number of pyridine rings is 1. The van der Waals surface area contributed by atoms with E-state index >= 15 is 0 Å². The first-order valence-electron chi connectivity index (χ1n) is 18.2. The Bertz CT molecular complexity index is 2340. The van der Waals surface area contributed by atoms with Gasteiger partial charge >= 0.3 is 12.0 Å². The van der Waals surface area contributed by atoms with E-state index in [1.54, 1.807) is 55.8 Å². The highest BCUT2D eigenvalue weighted by molar-refractivity contribution is 7.92. The van der Waals surface area contributed by atoms with E-state index in [-0.39, 0.29) is 31.1 Å². The van der Waals surface area contributed by atoms with Gasteiger partial charge in [-0.05, 0) is 41.3 Å². The minimum Gasteiger partial charge on any atom is -0.593 e. The minimum absolute atomic E-state index is 0.0169. The van der Waals surface area contributed by atoms with Crippen molar-refractivity contribution in [2.24, 2.45) is 4.99 Å². The normalized spacial score (nSPS) is 14.1. The third-order valence-corrected chi connectivity index (χ3v) is 9.17. The predicted molar refractivity (Wildman–Crippen MR) is 226 cm³/mol. The zero-order valence-corrected chi connectivity index (χ0v) is 34.0. The molecule has 0 saturated carbocycles. The summed E-state index contributed by atoms with van der Waals surface area (Å²) in [6, 6.07) is 23.1. The number of aromatic nitrogens is 1. The molecule has 6 rings (SSSR count). The van der Waals surface area contributed by atoms with Gasteiger partial charge in [0.2, 0.25) is 12.1 Å². The number of ether oxygens (including phenoxy) is 5. The molecule has 310 valence electrons. The van der Waals surface area contributed by atoms with Crippen LogP contribution in [-0.2, 0) is 31.1 Å². The van der Waals surface area contributed by atoms with Gasteiger partial charge in [-0.1, -0.05) is 45.0 Å². The SMILES string of the molecule is COc1cc(Nc2cc(Oc3ccc(NC(=O)Nc4cc(C(C)(C)C)cc(N[S+](C)[O-])c4OC)c4ccccc34)ccn2)cc(OCCOCC2=NC(C(=O)O)NO2)c1. The number of carbonyl (C=O) groups is 2. The molecule has 1 aromatic heterocycles. The molecule has 0 bridgehead atoms. The highest BCUT2D eigenvalue weighted by Crippen LogP contribution is 2.40. The Hall–Kier alpha value is -6.47. The molecule has 2 atom stereocenters. The van der Waals surface area contributed by atoms with Gasteiger partial charge in [0.05, 0.1) is 43.6 Å². The van der Waals surface area contributed by atoms with Crippen molar-refractivity contribution in [1.82, 2.24) is 10.5 Å². The van der Waals surface area contributed by atoms with Crippen molar-refractivity contribution in [3.8, 4) is 28.7 Å². The molecule has 1 aliphatic rings. The van der Waals surface area contributed by atoms with Crippen LogP contribution < -0.4 is 45.1 Å². The Morgan fingerprint density at radius 3 is 2.36 bits per heavy atom. The number of hydrogen-bond acceptors (Lipinski definition) is 14. The van der Waals surface area contributed by atoms with E-state index < -0.39 is 29.5 Å². The number of carbonyl (C=O) groups excluding carboxylic acids is 1. The van der Waals surface area contributed by atoms with Gasteiger partial charge in [-0.2, -0.15) is 0 Å². The van der Waals surface area contributed by atoms with Gasteiger partial charge in [-0.15, -0.1) is 5.48 Å². The second-order valence-corrected chi connectivity index (χ2v) is 15.1. The topological polar surface area (TPSA) is 218 Å². The molecule has 5 aromatic rings. The van der Waals surface area contributed by atoms with E-state index in [4.69, 9.17) is 33.6 Å². The molecule has 0 radical (unpaired) electrons. The monoisotopic (exact) mass is 827 g/mol. The van der Waals surface area contributed by atoms with E-state index in [9.17, 15) is 14.1 Å². The lowest BCUT2D eigenvalue weighted by Crippen LogP contribution is -2.29. The summed E-state index contributed by atoms with van der Waals surface area (Å²) in [4.78, 5) is 37.8. The molecule has 2 amide bonds. The van der Waals surface area contributed by atoms with Crippen LogP contribution in [0.4, 0.5) is 33.4 Å². The van der Waals surface area contributed by atoms with Crippen molar-refractivity contribution in [2.45, 2.75) is 32.4 Å². The number of hydrogen-bond donors (Lipinski definition) is 6. The van der Waals surface area contributed by atoms with Crippen molar-refractivity contribution in [3.63, 3.8) is 0 Å². The molecule has 0 fully saturated rings. The third kappa shape index (κ3) is 11.1. The highest BCUT2D eigenvalue weighted by Gasteiger charge is 2.25. The van der Waals surface area contributed by atoms with Crippen LogP contribution in [0, 0.1) is 0 Å². The number of urea groups is 1. The van der Waals surface area contributed by atoms with E-state index in [1.807, 2.05) is 57.2 Å². The maximum atomic E-state index is 13.5. The molecule has 2 unspecified atom stereocenters. The summed E-state index contributed by atoms with van der Waals surface area (Å²) >= 11 is -1.37. The number of fused-ring (bicyclic) bond motifs is 1. The number of rotatable bonds is 17. The summed E-state index contributed by atoms with van der Waals surface area (Å²) in [5, 5.41) is 19.6. The van der Waals surface area contributed by atoms with Crippen molar-refractivity contribution in [2.75, 3.05) is 61.0 Å². The first-order chi connectivity index (χ1) is 28.3. The van der Waals surface area contributed by atoms with Gasteiger partial charge in [0.25, 0.3) is 0 Å². The van der Waals surface area contributed by atoms with Crippen molar-refractivity contribution >= 4 is 68.6 Å². The van der Waals surface area contributed by atoms with Crippen molar-refractivity contribution in [3.05, 3.63) is 90.6 Å². The fourth-order valence-corrected chi connectivity index (χ4v) is 6.35. The second kappa shape index (κ2) is 18.9. The molecule has 4 aromatic carbocycles. The Kier molecular flexibility index (Phi) is 13.5. The second-order valence-electron chi connectivity index (χ2n) is 14.0. The molecule has 6 N–H and O–H groups in total. The minimum atomic E-state index is -1.37. The van der Waals surface area contributed by atoms with E-state index in [0.29, 0.717) is 57.3 Å². The van der Waals surface area contributed by atoms with Crippen molar-refractivity contribution < 1.29 is 47.8 Å². The average molecular weight is 828 g/mol. The maximum absolute atomic E-state index is 13.5. The van der Waals surface area contributed by atoms with Crippen LogP contribution in [0.3, 0.4) is 0 Å². The lowest BCUT2D eigenvalue weighted by molar-refractivity contribution is -0.140. The summed E-state index contributed by atoms with van der Waals surface area (Å²) in [7, 11) is 3.04. The summed E-state index contributed by atoms with van der Waals surface area (Å²) in [5.74, 6) is 1.93. The van der Waals surface area contributed by atoms with Gasteiger partial charge in [-0.25, -0.2) is 24.3 Å². The van der Waals surface area contributed by atoms with Crippen LogP contribution >= 0.6 is 0 Å². The van der Waals surface area contributed by atoms with Crippen LogP contribution in [0.15, 0.2) is 90.1 Å². The van der Waals surface area contributed by atoms with Crippen LogP contribution in [0.2, 0.25) is 0 Å². The van der Waals surface area contributed by atoms with Gasteiger partial charge in [-0.3, -0.25) is 0 Å². The number of benzene rings is 4. The largest absolute Gasteiger partial charge is 0.593 e. The summed E-state index contributed by atoms with van der Waals surface area (Å²) in [5.41, 5.74) is 5.02. The standard InChI is InChI=1S/C41H45N7O10S/c1-41(2,3)24-17-32(37(54-5)33(18-24)48-59(6)52)45-40(51)44-31-11-12-34(30-10-8-7-9-29(30)31)57-26-13-14-42-35(22-26)43-25-19-27(53-4)21-28(20-25)56-16-15-55-23-36-46-38(39(49)50)47-58-36/h7-14,17-22,38,47-48H,15-16,23H2,1-6H3,(H,42,43)(H,49,50)(H2,44,45,51). The van der Waals surface area contributed by atoms with Crippen LogP contribution in [-0.4, -0.2) is 79.0 Å². The summed E-state index contributed by atoms with van der Waals surface area (Å²) < 4.78 is 43.9. The lowest BCUT2D eigenvalue weighted by atomic mass is 9.86. The zero-order valence-electron chi connectivity index (χ0n) is 33.2. The molecule has 1 aliphatic heterocycles. The average Bonchev–Trinajstić information content (AvgIpc) is 3.68. The molecular formula is C41H45N7O10S. The van der Waals surface area contributed by atoms with E-state index in [2.05, 4.69) is 36.1 Å². The number of aliphatic carboxylic acids is 1. The van der Waals surface area contributed by atoms with Crippen molar-refractivity contribution in [1.29, 1.82) is 0 Å². The summed E-state index contributed by atoms with van der Waals surface area (Å²) in [6.45, 7) is 6.49. The molecule has 0 spiro atoms. The van der Waals surface area contributed by atoms with Gasteiger partial charge in [0.1, 0.15) is 54.0 Å². The number of aliphatic imine (C=N–C) groups is 1. The number of hydroxylamine groups is 1. The molecule has 0 aliphatic carbocycles. The number of nitrogens with zero attached hydrogens (tertiary/aromatic N) is 2. The Balaban J connectivity index is 1.12. The fraction of sp³-hybridized carbons (Fsp3) is 0.268. The number of carboxylic acids is 1. The summed E-state index contributed by atoms with van der Waals surface area (Å²) in [6.07, 6.45) is 1.98. The Morgan fingerprint density at radius 2 is 1.64 bits per heavy atom. The number of anilines is 5. The molecule has 17 nitrogen and oxygen atoms in total. The Morgan fingerprint density at radius 1 is 0.898 bits per heavy atom. The zero-order chi connectivity index (χ0) is 42.1. The number of methoxy groups -OCH3 is 2. The Labute approximate surface area is 343 Å². The molecule has 59 heavy (non-hydrogen) atoms. The smallest absolute Gasteiger partial charge is 0.346 e. The first kappa shape index (κ1) is 42.1. The lowest BCUT2D eigenvalue weighted by Gasteiger charge is -2.24. The molecular weight excluding hydrogens is 783 g/mol. The number of nitrogens with one attached hydrogen (secondary N) is 5. The molecule has 0 saturated heterocycles. The van der Waals surface area contributed by atoms with E-state index in [1.165, 1.54) is 13.4 Å². The third-order valence-electron chi connectivity index (χ3n) is 8.66. The number of carboxylic acid groups (broad SMARTS) is 1. The quantitative estimate of drug-likeness (QED) is 0.0405. The number of amides is 2. The molecule has 2 heterocycles. The predicted octanol–water partition coefficient (Wildman–Crippen LogP) is 7.17. The van der Waals surface area contributed by atoms with Gasteiger partial charge in [0.15, 0.2) is 5.75 Å². The molecule has 18 heteroatoms. The highest BCUT2D eigenvalue weighted by atomic mass is 32.2. The van der Waals surface area contributed by atoms with Gasteiger partial charge < -0.3 is 54.1 Å². The van der Waals surface area contributed by atoms with E-state index in [0.717, 1.165) is 16.3 Å². The van der Waals surface area contributed by atoms with Crippen LogP contribution in [0.25, 0.3) is 10.8 Å². The van der Waals surface area contributed by atoms with Gasteiger partial charge in [0, 0.05) is 46.9 Å². The van der Waals surface area contributed by atoms with Crippen LogP contribution in [0.1, 0.15) is 26.3 Å². The fourth-order valence-electron chi connectivity index (χ4n) is 5.88. The maximum Gasteiger partial charge on any atom is 0.346 e. The van der Waals surface area contributed by atoms with Crippen LogP contribution in [0.5, 0.6) is 28.7 Å².